The van der Waals surface area contributed by atoms with Gasteiger partial charge in [-0.2, -0.15) is 0 Å². The molecule has 1 aromatic heterocycles. The first-order valence-electron chi connectivity index (χ1n) is 7.25. The molecule has 0 amide bonds. The molecule has 0 saturated heterocycles. The van der Waals surface area contributed by atoms with E-state index in [1.165, 1.54) is 32.1 Å². The second kappa shape index (κ2) is 5.23. The molecule has 5 nitrogen and oxygen atoms in total. The van der Waals surface area contributed by atoms with Crippen molar-refractivity contribution in [2.75, 3.05) is 0 Å². The van der Waals surface area contributed by atoms with Gasteiger partial charge in [-0.1, -0.05) is 30.5 Å². The minimum absolute atomic E-state index is 0.226. The van der Waals surface area contributed by atoms with Crippen LogP contribution >= 0.6 is 0 Å². The minimum atomic E-state index is -0.951. The molecule has 1 fully saturated rings. The van der Waals surface area contributed by atoms with Gasteiger partial charge in [-0.05, 0) is 37.8 Å². The normalized spacial score (nSPS) is 18.2. The molecule has 1 unspecified atom stereocenters. The summed E-state index contributed by atoms with van der Waals surface area (Å²) < 4.78 is 1.90. The van der Waals surface area contributed by atoms with Gasteiger partial charge in [0.1, 0.15) is 5.52 Å². The van der Waals surface area contributed by atoms with Crippen molar-refractivity contribution in [3.8, 4) is 0 Å². The van der Waals surface area contributed by atoms with Crippen molar-refractivity contribution < 1.29 is 9.90 Å². The van der Waals surface area contributed by atoms with Crippen LogP contribution in [0.2, 0.25) is 0 Å². The number of carboxylic acid groups (broad SMARTS) is 1. The highest BCUT2D eigenvalue weighted by Gasteiger charge is 2.24. The average molecular weight is 273 g/mol. The third kappa shape index (κ3) is 2.17. The second-order valence-electron chi connectivity index (χ2n) is 5.65. The first kappa shape index (κ1) is 13.1. The van der Waals surface area contributed by atoms with Crippen LogP contribution in [0.25, 0.3) is 11.0 Å². The van der Waals surface area contributed by atoms with E-state index in [0.717, 1.165) is 5.52 Å². The Bertz CT molecular complexity index is 629. The highest BCUT2D eigenvalue weighted by Crippen LogP contribution is 2.33. The van der Waals surface area contributed by atoms with Gasteiger partial charge in [-0.25, -0.2) is 9.48 Å². The zero-order valence-corrected chi connectivity index (χ0v) is 11.6. The number of benzene rings is 1. The number of carboxylic acids is 1. The molecule has 2 aromatic rings. The van der Waals surface area contributed by atoms with E-state index in [1.807, 2.05) is 10.7 Å². The summed E-state index contributed by atoms with van der Waals surface area (Å²) in [6.45, 7) is 2.16. The molecule has 0 bridgehead atoms. The number of hydrogen-bond donors (Lipinski definition) is 1. The molecule has 0 radical (unpaired) electrons. The van der Waals surface area contributed by atoms with E-state index < -0.39 is 5.97 Å². The average Bonchev–Trinajstić information content (AvgIpc) is 2.91. The number of fused-ring (bicyclic) bond motifs is 1. The van der Waals surface area contributed by atoms with Crippen LogP contribution in [0, 0.1) is 5.92 Å². The summed E-state index contributed by atoms with van der Waals surface area (Å²) in [7, 11) is 0. The zero-order chi connectivity index (χ0) is 14.1. The van der Waals surface area contributed by atoms with Crippen LogP contribution in [-0.2, 0) is 0 Å². The molecule has 0 spiro atoms. The standard InChI is InChI=1S/C15H19N3O2/c1-10(11-6-3-2-4-7-11)18-13-9-5-8-12(15(19)20)14(13)16-17-18/h5,8-11H,2-4,6-7H2,1H3,(H,19,20). The molecule has 5 heteroatoms. The molecule has 20 heavy (non-hydrogen) atoms. The van der Waals surface area contributed by atoms with Crippen LogP contribution in [0.5, 0.6) is 0 Å². The van der Waals surface area contributed by atoms with Gasteiger partial charge in [0, 0.05) is 0 Å². The second-order valence-corrected chi connectivity index (χ2v) is 5.65. The Kier molecular flexibility index (Phi) is 3.42. The first-order valence-corrected chi connectivity index (χ1v) is 7.25. The molecule has 1 saturated carbocycles. The van der Waals surface area contributed by atoms with Crippen LogP contribution in [0.4, 0.5) is 0 Å². The fourth-order valence-electron chi connectivity index (χ4n) is 3.25. The minimum Gasteiger partial charge on any atom is -0.478 e. The highest BCUT2D eigenvalue weighted by molar-refractivity contribution is 6.00. The summed E-state index contributed by atoms with van der Waals surface area (Å²) in [6.07, 6.45) is 6.33. The molecular formula is C15H19N3O2. The SMILES string of the molecule is CC(C1CCCCC1)n1nnc2c(C(=O)O)cccc21. The van der Waals surface area contributed by atoms with E-state index in [4.69, 9.17) is 0 Å². The van der Waals surface area contributed by atoms with E-state index >= 15 is 0 Å². The van der Waals surface area contributed by atoms with Gasteiger partial charge in [0.2, 0.25) is 0 Å². The number of carbonyl (C=O) groups is 1. The summed E-state index contributed by atoms with van der Waals surface area (Å²) in [5.41, 5.74) is 1.54. The van der Waals surface area contributed by atoms with E-state index in [-0.39, 0.29) is 11.6 Å². The van der Waals surface area contributed by atoms with Gasteiger partial charge in [-0.3, -0.25) is 0 Å². The van der Waals surface area contributed by atoms with E-state index in [1.54, 1.807) is 12.1 Å². The number of rotatable bonds is 3. The summed E-state index contributed by atoms with van der Waals surface area (Å²) in [5, 5.41) is 17.5. The van der Waals surface area contributed by atoms with Crippen molar-refractivity contribution in [1.29, 1.82) is 0 Å². The molecule has 1 atom stereocenters. The third-order valence-electron chi connectivity index (χ3n) is 4.45. The maximum Gasteiger partial charge on any atom is 0.338 e. The van der Waals surface area contributed by atoms with Crippen molar-refractivity contribution in [2.45, 2.75) is 45.1 Å². The number of nitrogens with zero attached hydrogens (tertiary/aromatic N) is 3. The Labute approximate surface area is 117 Å². The zero-order valence-electron chi connectivity index (χ0n) is 11.6. The molecule has 1 aliphatic rings. The molecule has 0 aliphatic heterocycles. The van der Waals surface area contributed by atoms with Gasteiger partial charge in [0.05, 0.1) is 17.1 Å². The van der Waals surface area contributed by atoms with Crippen molar-refractivity contribution in [3.63, 3.8) is 0 Å². The monoisotopic (exact) mass is 273 g/mol. The number of aromatic nitrogens is 3. The predicted molar refractivity (Wildman–Crippen MR) is 75.8 cm³/mol. The lowest BCUT2D eigenvalue weighted by Gasteiger charge is -2.27. The molecule has 1 aromatic carbocycles. The van der Waals surface area contributed by atoms with Gasteiger partial charge < -0.3 is 5.11 Å². The van der Waals surface area contributed by atoms with Crippen molar-refractivity contribution in [3.05, 3.63) is 23.8 Å². The predicted octanol–water partition coefficient (Wildman–Crippen LogP) is 3.27. The van der Waals surface area contributed by atoms with Gasteiger partial charge in [0.15, 0.2) is 0 Å². The fourth-order valence-corrected chi connectivity index (χ4v) is 3.25. The molecule has 1 N–H and O–H groups in total. The Morgan fingerprint density at radius 3 is 2.80 bits per heavy atom. The lowest BCUT2D eigenvalue weighted by Crippen LogP contribution is -2.20. The molecule has 1 aliphatic carbocycles. The number of hydrogen-bond acceptors (Lipinski definition) is 3. The lowest BCUT2D eigenvalue weighted by atomic mass is 9.84. The van der Waals surface area contributed by atoms with E-state index in [0.29, 0.717) is 11.4 Å². The van der Waals surface area contributed by atoms with E-state index in [2.05, 4.69) is 17.2 Å². The maximum absolute atomic E-state index is 11.2. The molecule has 1 heterocycles. The topological polar surface area (TPSA) is 68.0 Å². The van der Waals surface area contributed by atoms with Crippen LogP contribution in [-0.4, -0.2) is 26.1 Å². The smallest absolute Gasteiger partial charge is 0.338 e. The van der Waals surface area contributed by atoms with Crippen LogP contribution < -0.4 is 0 Å². The number of aromatic carboxylic acids is 1. The summed E-state index contributed by atoms with van der Waals surface area (Å²) in [6, 6.07) is 5.51. The lowest BCUT2D eigenvalue weighted by molar-refractivity contribution is 0.0699. The Hall–Kier alpha value is -1.91. The van der Waals surface area contributed by atoms with Crippen LogP contribution in [0.1, 0.15) is 55.4 Å². The highest BCUT2D eigenvalue weighted by atomic mass is 16.4. The van der Waals surface area contributed by atoms with Crippen LogP contribution in [0.15, 0.2) is 18.2 Å². The fraction of sp³-hybridized carbons (Fsp3) is 0.533. The maximum atomic E-state index is 11.2. The first-order chi connectivity index (χ1) is 9.68. The third-order valence-corrected chi connectivity index (χ3v) is 4.45. The van der Waals surface area contributed by atoms with E-state index in [9.17, 15) is 9.90 Å². The van der Waals surface area contributed by atoms with Gasteiger partial charge in [0.25, 0.3) is 0 Å². The van der Waals surface area contributed by atoms with Gasteiger partial charge >= 0.3 is 5.97 Å². The van der Waals surface area contributed by atoms with Crippen molar-refractivity contribution in [2.24, 2.45) is 5.92 Å². The summed E-state index contributed by atoms with van der Waals surface area (Å²) in [5.74, 6) is -0.338. The van der Waals surface area contributed by atoms with Crippen molar-refractivity contribution in [1.82, 2.24) is 15.0 Å². The Morgan fingerprint density at radius 1 is 1.35 bits per heavy atom. The molecule has 3 rings (SSSR count). The summed E-state index contributed by atoms with van der Waals surface area (Å²) >= 11 is 0. The summed E-state index contributed by atoms with van der Waals surface area (Å²) in [4.78, 5) is 11.2. The molecular weight excluding hydrogens is 254 g/mol. The van der Waals surface area contributed by atoms with Crippen LogP contribution in [0.3, 0.4) is 0 Å². The largest absolute Gasteiger partial charge is 0.478 e. The quantitative estimate of drug-likeness (QED) is 0.931. The van der Waals surface area contributed by atoms with Crippen molar-refractivity contribution >= 4 is 17.0 Å². The van der Waals surface area contributed by atoms with Gasteiger partial charge in [-0.15, -0.1) is 5.10 Å². The molecule has 106 valence electrons. The Morgan fingerprint density at radius 2 is 2.10 bits per heavy atom. The Balaban J connectivity index is 1.99.